The van der Waals surface area contributed by atoms with E-state index < -0.39 is 0 Å². The van der Waals surface area contributed by atoms with Crippen molar-refractivity contribution in [1.29, 1.82) is 0 Å². The Morgan fingerprint density at radius 2 is 2.16 bits per heavy atom. The maximum atomic E-state index is 4.80. The fraction of sp³-hybridized carbons (Fsp3) is 0.263. The molecule has 1 aliphatic heterocycles. The highest BCUT2D eigenvalue weighted by Gasteiger charge is 2.30. The average molecular weight is 415 g/mol. The fourth-order valence-electron chi connectivity index (χ4n) is 3.26. The van der Waals surface area contributed by atoms with E-state index in [2.05, 4.69) is 51.4 Å². The summed E-state index contributed by atoms with van der Waals surface area (Å²) in [6.07, 6.45) is 1.83. The lowest BCUT2D eigenvalue weighted by Crippen LogP contribution is -2.06. The summed E-state index contributed by atoms with van der Waals surface area (Å²) in [7, 11) is 2.00. The SMILES string of the molecule is Cc1ccc(Br)cc1C1SCCNc2c1c(-c1ccccn1)nn2C. The minimum absolute atomic E-state index is 0.230. The molecule has 6 heteroatoms. The number of halogens is 1. The van der Waals surface area contributed by atoms with E-state index in [0.29, 0.717) is 0 Å². The summed E-state index contributed by atoms with van der Waals surface area (Å²) in [6.45, 7) is 3.11. The number of anilines is 1. The lowest BCUT2D eigenvalue weighted by molar-refractivity contribution is 0.773. The first-order valence-electron chi connectivity index (χ1n) is 8.25. The van der Waals surface area contributed by atoms with Crippen LogP contribution in [-0.4, -0.2) is 27.1 Å². The molecule has 0 fully saturated rings. The lowest BCUT2D eigenvalue weighted by Gasteiger charge is -2.19. The molecule has 1 aliphatic rings. The molecule has 4 rings (SSSR count). The van der Waals surface area contributed by atoms with Crippen LogP contribution >= 0.6 is 27.7 Å². The van der Waals surface area contributed by atoms with Crippen LogP contribution < -0.4 is 5.32 Å². The van der Waals surface area contributed by atoms with Crippen LogP contribution in [0.5, 0.6) is 0 Å². The third-order valence-corrected chi connectivity index (χ3v) is 6.21. The van der Waals surface area contributed by atoms with Gasteiger partial charge in [-0.15, -0.1) is 11.8 Å². The summed E-state index contributed by atoms with van der Waals surface area (Å²) in [5.41, 5.74) is 5.73. The van der Waals surface area contributed by atoms with Crippen molar-refractivity contribution < 1.29 is 0 Å². The molecule has 3 heterocycles. The van der Waals surface area contributed by atoms with E-state index in [0.717, 1.165) is 34.0 Å². The Labute approximate surface area is 160 Å². The summed E-state index contributed by atoms with van der Waals surface area (Å²) < 4.78 is 3.06. The Kier molecular flexibility index (Phi) is 4.56. The number of thioether (sulfide) groups is 1. The number of aromatic nitrogens is 3. The Bertz CT molecular complexity index is 907. The van der Waals surface area contributed by atoms with Gasteiger partial charge in [0, 0.05) is 35.6 Å². The number of fused-ring (bicyclic) bond motifs is 1. The Morgan fingerprint density at radius 3 is 2.96 bits per heavy atom. The molecule has 1 N–H and O–H groups in total. The highest BCUT2D eigenvalue weighted by Crippen LogP contribution is 2.46. The topological polar surface area (TPSA) is 42.7 Å². The number of hydrogen-bond donors (Lipinski definition) is 1. The van der Waals surface area contributed by atoms with E-state index in [9.17, 15) is 0 Å². The normalized spacial score (nSPS) is 16.8. The number of pyridine rings is 1. The van der Waals surface area contributed by atoms with Gasteiger partial charge in [-0.1, -0.05) is 28.1 Å². The molecule has 1 atom stereocenters. The van der Waals surface area contributed by atoms with Gasteiger partial charge in [0.2, 0.25) is 0 Å². The molecule has 1 aromatic carbocycles. The zero-order chi connectivity index (χ0) is 17.4. The first-order valence-corrected chi connectivity index (χ1v) is 10.1. The van der Waals surface area contributed by atoms with Crippen molar-refractivity contribution >= 4 is 33.5 Å². The summed E-state index contributed by atoms with van der Waals surface area (Å²) in [6, 6.07) is 12.5. The summed E-state index contributed by atoms with van der Waals surface area (Å²) in [5, 5.41) is 8.59. The highest BCUT2D eigenvalue weighted by atomic mass is 79.9. The Hall–Kier alpha value is -1.79. The van der Waals surface area contributed by atoms with Crippen LogP contribution in [0, 0.1) is 6.92 Å². The van der Waals surface area contributed by atoms with Crippen LogP contribution in [0.4, 0.5) is 5.82 Å². The van der Waals surface area contributed by atoms with Gasteiger partial charge in [0.25, 0.3) is 0 Å². The smallest absolute Gasteiger partial charge is 0.129 e. The molecule has 0 saturated heterocycles. The number of nitrogens with zero attached hydrogens (tertiary/aromatic N) is 3. The second kappa shape index (κ2) is 6.84. The van der Waals surface area contributed by atoms with Crippen LogP contribution in [0.25, 0.3) is 11.4 Å². The minimum Gasteiger partial charge on any atom is -0.369 e. The van der Waals surface area contributed by atoms with Gasteiger partial charge < -0.3 is 5.32 Å². The predicted molar refractivity (Wildman–Crippen MR) is 108 cm³/mol. The molecule has 2 aromatic heterocycles. The van der Waals surface area contributed by atoms with E-state index in [-0.39, 0.29) is 5.25 Å². The van der Waals surface area contributed by atoms with Crippen molar-refractivity contribution in [2.24, 2.45) is 7.05 Å². The highest BCUT2D eigenvalue weighted by molar-refractivity contribution is 9.10. The van der Waals surface area contributed by atoms with E-state index >= 15 is 0 Å². The molecular weight excluding hydrogens is 396 g/mol. The molecule has 0 radical (unpaired) electrons. The number of nitrogens with one attached hydrogen (secondary N) is 1. The van der Waals surface area contributed by atoms with Gasteiger partial charge >= 0.3 is 0 Å². The van der Waals surface area contributed by atoms with Crippen molar-refractivity contribution in [2.45, 2.75) is 12.2 Å². The molecule has 1 unspecified atom stereocenters. The van der Waals surface area contributed by atoms with Gasteiger partial charge in [0.1, 0.15) is 11.5 Å². The summed E-state index contributed by atoms with van der Waals surface area (Å²) >= 11 is 5.59. The van der Waals surface area contributed by atoms with E-state index in [1.54, 1.807) is 0 Å². The van der Waals surface area contributed by atoms with Crippen molar-refractivity contribution in [3.05, 3.63) is 63.8 Å². The first kappa shape index (κ1) is 16.7. The molecule has 0 saturated carbocycles. The number of benzene rings is 1. The Morgan fingerprint density at radius 1 is 1.28 bits per heavy atom. The summed E-state index contributed by atoms with van der Waals surface area (Å²) in [4.78, 5) is 4.55. The lowest BCUT2D eigenvalue weighted by atomic mass is 9.98. The molecule has 0 amide bonds. The molecule has 3 aromatic rings. The molecular formula is C19H19BrN4S. The maximum absolute atomic E-state index is 4.80. The monoisotopic (exact) mass is 414 g/mol. The average Bonchev–Trinajstić information content (AvgIpc) is 2.81. The molecule has 0 aliphatic carbocycles. The van der Waals surface area contributed by atoms with Gasteiger partial charge in [0.05, 0.1) is 10.9 Å². The van der Waals surface area contributed by atoms with Crippen LogP contribution in [0.15, 0.2) is 47.1 Å². The second-order valence-corrected chi connectivity index (χ2v) is 8.26. The molecule has 0 spiro atoms. The van der Waals surface area contributed by atoms with E-state index in [1.807, 2.05) is 47.9 Å². The van der Waals surface area contributed by atoms with Crippen LogP contribution in [0.1, 0.15) is 21.9 Å². The number of rotatable bonds is 2. The molecule has 25 heavy (non-hydrogen) atoms. The van der Waals surface area contributed by atoms with E-state index in [4.69, 9.17) is 5.10 Å². The third-order valence-electron chi connectivity index (χ3n) is 4.46. The number of hydrogen-bond acceptors (Lipinski definition) is 4. The molecule has 4 nitrogen and oxygen atoms in total. The van der Waals surface area contributed by atoms with Gasteiger partial charge in [-0.3, -0.25) is 9.67 Å². The molecule has 128 valence electrons. The minimum atomic E-state index is 0.230. The zero-order valence-corrected chi connectivity index (χ0v) is 16.6. The standard InChI is InChI=1S/C19H19BrN4S/c1-12-6-7-13(20)11-14(12)18-16-17(15-5-3-4-8-21-15)23-24(2)19(16)22-9-10-25-18/h3-8,11,18,22H,9-10H2,1-2H3. The Balaban J connectivity index is 1.94. The third kappa shape index (κ3) is 3.09. The fourth-order valence-corrected chi connectivity index (χ4v) is 4.92. The van der Waals surface area contributed by atoms with Gasteiger partial charge in [-0.2, -0.15) is 5.10 Å². The van der Waals surface area contributed by atoms with Gasteiger partial charge in [-0.05, 0) is 42.3 Å². The summed E-state index contributed by atoms with van der Waals surface area (Å²) in [5.74, 6) is 2.14. The van der Waals surface area contributed by atoms with Crippen molar-refractivity contribution in [3.63, 3.8) is 0 Å². The van der Waals surface area contributed by atoms with Crippen molar-refractivity contribution in [3.8, 4) is 11.4 Å². The van der Waals surface area contributed by atoms with Gasteiger partial charge in [0.15, 0.2) is 0 Å². The number of aryl methyl sites for hydroxylation is 2. The van der Waals surface area contributed by atoms with Crippen LogP contribution in [0.3, 0.4) is 0 Å². The quantitative estimate of drug-likeness (QED) is 0.653. The predicted octanol–water partition coefficient (Wildman–Crippen LogP) is 4.80. The zero-order valence-electron chi connectivity index (χ0n) is 14.2. The van der Waals surface area contributed by atoms with Crippen molar-refractivity contribution in [2.75, 3.05) is 17.6 Å². The van der Waals surface area contributed by atoms with Crippen molar-refractivity contribution in [1.82, 2.24) is 14.8 Å². The van der Waals surface area contributed by atoms with Gasteiger partial charge in [-0.25, -0.2) is 0 Å². The van der Waals surface area contributed by atoms with E-state index in [1.165, 1.54) is 16.7 Å². The largest absolute Gasteiger partial charge is 0.369 e. The molecule has 0 bridgehead atoms. The second-order valence-electron chi connectivity index (χ2n) is 6.13. The van der Waals surface area contributed by atoms with Crippen LogP contribution in [0.2, 0.25) is 0 Å². The van der Waals surface area contributed by atoms with Crippen LogP contribution in [-0.2, 0) is 7.05 Å². The first-order chi connectivity index (χ1) is 12.1. The maximum Gasteiger partial charge on any atom is 0.129 e.